The van der Waals surface area contributed by atoms with Crippen LogP contribution in [0.15, 0.2) is 54.2 Å². The van der Waals surface area contributed by atoms with Crippen LogP contribution in [0, 0.1) is 17.5 Å². The van der Waals surface area contributed by atoms with E-state index in [2.05, 4.69) is 15.5 Å². The highest BCUT2D eigenvalue weighted by atomic mass is 19.4. The molecule has 3 N–H and O–H groups in total. The number of nitrogens with one attached hydrogen (secondary N) is 1. The Morgan fingerprint density at radius 3 is 2.37 bits per heavy atom. The van der Waals surface area contributed by atoms with Crippen molar-refractivity contribution in [3.05, 3.63) is 94.5 Å². The van der Waals surface area contributed by atoms with Gasteiger partial charge in [-0.15, -0.1) is 10.2 Å². The van der Waals surface area contributed by atoms with Gasteiger partial charge in [0, 0.05) is 37.3 Å². The fourth-order valence-electron chi connectivity index (χ4n) is 3.99. The van der Waals surface area contributed by atoms with Crippen LogP contribution in [0.25, 0.3) is 0 Å². The Kier molecular flexibility index (Phi) is 7.41. The Morgan fingerprint density at radius 1 is 1.03 bits per heavy atom. The summed E-state index contributed by atoms with van der Waals surface area (Å²) in [5, 5.41) is 9.45. The molecule has 0 saturated heterocycles. The average Bonchev–Trinajstić information content (AvgIpc) is 3.30. The number of benzene rings is 2. The van der Waals surface area contributed by atoms with Gasteiger partial charge in [-0.3, -0.25) is 9.59 Å². The summed E-state index contributed by atoms with van der Waals surface area (Å²) in [4.78, 5) is 26.5. The molecule has 1 aromatic heterocycles. The standard InChI is InChI=1S/C24H20F6N6O2/c25-16-11-18(27)17(26)9-14(16)8-15(32-21(22(31)38)13-4-2-1-3-5-13)10-20(37)35-6-7-36-19(12-35)33-34-23(36)24(28,29)30/h1-5,9-11,21,32H,6-8,12H2,(H2,31,38)/b15-10-/t21-/m0/s1. The number of rotatable bonds is 7. The van der Waals surface area contributed by atoms with Crippen molar-refractivity contribution in [3.8, 4) is 0 Å². The van der Waals surface area contributed by atoms with Gasteiger partial charge in [-0.2, -0.15) is 13.2 Å². The summed E-state index contributed by atoms with van der Waals surface area (Å²) in [6.45, 7) is -0.664. The van der Waals surface area contributed by atoms with Crippen molar-refractivity contribution in [1.82, 2.24) is 25.0 Å². The van der Waals surface area contributed by atoms with Gasteiger partial charge in [-0.05, 0) is 17.2 Å². The van der Waals surface area contributed by atoms with E-state index in [1.165, 1.54) is 4.90 Å². The number of halogens is 6. The largest absolute Gasteiger partial charge is 0.451 e. The first-order valence-corrected chi connectivity index (χ1v) is 11.2. The minimum atomic E-state index is -4.72. The van der Waals surface area contributed by atoms with Crippen molar-refractivity contribution >= 4 is 11.8 Å². The van der Waals surface area contributed by atoms with E-state index in [0.717, 1.165) is 10.6 Å². The van der Waals surface area contributed by atoms with E-state index in [0.29, 0.717) is 17.7 Å². The Balaban J connectivity index is 1.64. The van der Waals surface area contributed by atoms with Gasteiger partial charge in [0.15, 0.2) is 17.5 Å². The first kappa shape index (κ1) is 26.7. The van der Waals surface area contributed by atoms with Gasteiger partial charge < -0.3 is 20.5 Å². The molecule has 0 aliphatic carbocycles. The van der Waals surface area contributed by atoms with E-state index < -0.39 is 53.7 Å². The van der Waals surface area contributed by atoms with Crippen molar-refractivity contribution in [2.24, 2.45) is 5.73 Å². The van der Waals surface area contributed by atoms with Gasteiger partial charge in [0.1, 0.15) is 11.9 Å². The molecular weight excluding hydrogens is 518 g/mol. The second-order valence-electron chi connectivity index (χ2n) is 8.44. The molecular formula is C24H20F6N6O2. The molecule has 0 saturated carbocycles. The lowest BCUT2D eigenvalue weighted by Crippen LogP contribution is -2.39. The lowest BCUT2D eigenvalue weighted by atomic mass is 10.0. The number of aromatic nitrogens is 3. The molecule has 0 fully saturated rings. The maximum Gasteiger partial charge on any atom is 0.451 e. The lowest BCUT2D eigenvalue weighted by Gasteiger charge is -2.28. The lowest BCUT2D eigenvalue weighted by molar-refractivity contribution is -0.148. The summed E-state index contributed by atoms with van der Waals surface area (Å²) >= 11 is 0. The van der Waals surface area contributed by atoms with Crippen molar-refractivity contribution in [2.45, 2.75) is 31.7 Å². The van der Waals surface area contributed by atoms with Crippen LogP contribution in [0.5, 0.6) is 0 Å². The van der Waals surface area contributed by atoms with E-state index in [-0.39, 0.29) is 36.7 Å². The number of carbonyl (C=O) groups is 2. The zero-order valence-electron chi connectivity index (χ0n) is 19.5. The SMILES string of the molecule is NC(=O)[C@@H](N/C(=C\C(=O)N1CCn2c(nnc2C(F)(F)F)C1)Cc1cc(F)c(F)cc1F)c1ccccc1. The quantitative estimate of drug-likeness (QED) is 0.273. The van der Waals surface area contributed by atoms with Gasteiger partial charge in [-0.1, -0.05) is 30.3 Å². The normalized spacial score (nSPS) is 14.7. The molecule has 8 nitrogen and oxygen atoms in total. The minimum absolute atomic E-state index is 0.0735. The predicted molar refractivity (Wildman–Crippen MR) is 120 cm³/mol. The number of hydrogen-bond donors (Lipinski definition) is 2. The Bertz CT molecular complexity index is 1390. The number of nitrogens with zero attached hydrogens (tertiary/aromatic N) is 4. The van der Waals surface area contributed by atoms with Gasteiger partial charge in [0.25, 0.3) is 0 Å². The second-order valence-corrected chi connectivity index (χ2v) is 8.44. The van der Waals surface area contributed by atoms with Crippen LogP contribution in [0.2, 0.25) is 0 Å². The van der Waals surface area contributed by atoms with E-state index >= 15 is 0 Å². The topological polar surface area (TPSA) is 106 Å². The van der Waals surface area contributed by atoms with Crippen LogP contribution in [0.3, 0.4) is 0 Å². The third kappa shape index (κ3) is 5.79. The first-order chi connectivity index (χ1) is 17.9. The van der Waals surface area contributed by atoms with Gasteiger partial charge >= 0.3 is 6.18 Å². The Morgan fingerprint density at radius 2 is 1.71 bits per heavy atom. The molecule has 38 heavy (non-hydrogen) atoms. The number of allylic oxidation sites excluding steroid dienone is 1. The highest BCUT2D eigenvalue weighted by molar-refractivity contribution is 5.88. The molecule has 2 heterocycles. The number of carbonyl (C=O) groups excluding carboxylic acids is 2. The maximum atomic E-state index is 14.4. The fourth-order valence-corrected chi connectivity index (χ4v) is 3.99. The summed E-state index contributed by atoms with van der Waals surface area (Å²) < 4.78 is 81.9. The molecule has 14 heteroatoms. The molecule has 200 valence electrons. The van der Waals surface area contributed by atoms with E-state index in [1.807, 2.05) is 0 Å². The fraction of sp³-hybridized carbons (Fsp3) is 0.250. The van der Waals surface area contributed by atoms with Crippen LogP contribution >= 0.6 is 0 Å². The molecule has 0 spiro atoms. The number of primary amides is 1. The smallest absolute Gasteiger partial charge is 0.373 e. The molecule has 0 bridgehead atoms. The molecule has 0 radical (unpaired) electrons. The number of amides is 2. The highest BCUT2D eigenvalue weighted by Crippen LogP contribution is 2.29. The van der Waals surface area contributed by atoms with Crippen molar-refractivity contribution in [3.63, 3.8) is 0 Å². The molecule has 4 rings (SSSR count). The van der Waals surface area contributed by atoms with E-state index in [9.17, 15) is 35.9 Å². The van der Waals surface area contributed by atoms with Crippen molar-refractivity contribution < 1.29 is 35.9 Å². The monoisotopic (exact) mass is 538 g/mol. The Hall–Kier alpha value is -4.36. The zero-order valence-corrected chi connectivity index (χ0v) is 19.5. The van der Waals surface area contributed by atoms with Crippen LogP contribution in [-0.4, -0.2) is 38.0 Å². The highest BCUT2D eigenvalue weighted by Gasteiger charge is 2.39. The molecule has 1 aliphatic rings. The summed E-state index contributed by atoms with van der Waals surface area (Å²) in [5.41, 5.74) is 5.55. The maximum absolute atomic E-state index is 14.4. The summed E-state index contributed by atoms with van der Waals surface area (Å²) in [7, 11) is 0. The number of fused-ring (bicyclic) bond motifs is 1. The average molecular weight is 538 g/mol. The third-order valence-electron chi connectivity index (χ3n) is 5.83. The minimum Gasteiger partial charge on any atom is -0.373 e. The van der Waals surface area contributed by atoms with E-state index in [1.54, 1.807) is 30.3 Å². The molecule has 1 atom stereocenters. The van der Waals surface area contributed by atoms with Crippen LogP contribution in [0.4, 0.5) is 26.3 Å². The molecule has 2 amide bonds. The Labute approximate surface area is 211 Å². The summed E-state index contributed by atoms with van der Waals surface area (Å²) in [5.74, 6) is -6.65. The molecule has 1 aliphatic heterocycles. The van der Waals surface area contributed by atoms with Crippen molar-refractivity contribution in [1.29, 1.82) is 0 Å². The van der Waals surface area contributed by atoms with Gasteiger partial charge in [-0.25, -0.2) is 13.2 Å². The molecule has 0 unspecified atom stereocenters. The number of hydrogen-bond acceptors (Lipinski definition) is 5. The van der Waals surface area contributed by atoms with Crippen LogP contribution < -0.4 is 11.1 Å². The van der Waals surface area contributed by atoms with Gasteiger partial charge in [0.2, 0.25) is 17.6 Å². The van der Waals surface area contributed by atoms with Crippen LogP contribution in [-0.2, 0) is 35.3 Å². The zero-order chi connectivity index (χ0) is 27.6. The van der Waals surface area contributed by atoms with Crippen LogP contribution in [0.1, 0.15) is 28.8 Å². The predicted octanol–water partition coefficient (Wildman–Crippen LogP) is 3.00. The van der Waals surface area contributed by atoms with Crippen molar-refractivity contribution in [2.75, 3.05) is 6.54 Å². The van der Waals surface area contributed by atoms with Gasteiger partial charge in [0.05, 0.1) is 6.54 Å². The number of nitrogens with two attached hydrogens (primary N) is 1. The number of alkyl halides is 3. The molecule has 2 aromatic carbocycles. The summed E-state index contributed by atoms with van der Waals surface area (Å²) in [6, 6.07) is 7.91. The summed E-state index contributed by atoms with van der Waals surface area (Å²) in [6.07, 6.45) is -4.19. The second kappa shape index (κ2) is 10.6. The third-order valence-corrected chi connectivity index (χ3v) is 5.83. The first-order valence-electron chi connectivity index (χ1n) is 11.2. The van der Waals surface area contributed by atoms with E-state index in [4.69, 9.17) is 5.73 Å². The molecule has 3 aromatic rings.